The number of pyridine rings is 2. The molecule has 1 N–H and O–H groups in total. The molecule has 23 heavy (non-hydrogen) atoms. The first-order valence-electron chi connectivity index (χ1n) is 6.77. The highest BCUT2D eigenvalue weighted by atomic mass is 35.5. The molecular weight excluding hydrogens is 332 g/mol. The second kappa shape index (κ2) is 6.14. The van der Waals surface area contributed by atoms with E-state index in [4.69, 9.17) is 11.6 Å². The van der Waals surface area contributed by atoms with Crippen molar-refractivity contribution in [3.8, 4) is 11.5 Å². The van der Waals surface area contributed by atoms with Gasteiger partial charge < -0.3 is 4.98 Å². The number of halogens is 1. The summed E-state index contributed by atoms with van der Waals surface area (Å²) >= 11 is 7.49. The van der Waals surface area contributed by atoms with Gasteiger partial charge in [0.05, 0.1) is 5.52 Å². The third kappa shape index (κ3) is 2.87. The van der Waals surface area contributed by atoms with E-state index >= 15 is 0 Å². The molecule has 0 aliphatic rings. The van der Waals surface area contributed by atoms with Crippen LogP contribution >= 0.6 is 23.4 Å². The summed E-state index contributed by atoms with van der Waals surface area (Å²) in [5.74, 6) is 0.394. The van der Waals surface area contributed by atoms with Crippen LogP contribution in [0, 0.1) is 6.92 Å². The summed E-state index contributed by atoms with van der Waals surface area (Å²) in [7, 11) is 0. The number of nitrogens with zero attached hydrogens (tertiary/aromatic N) is 3. The number of hydrogen-bond acceptors (Lipinski definition) is 5. The Morgan fingerprint density at radius 3 is 2.78 bits per heavy atom. The number of nitrogens with one attached hydrogen (secondary N) is 1. The van der Waals surface area contributed by atoms with E-state index < -0.39 is 0 Å². The lowest BCUT2D eigenvalue weighted by molar-refractivity contribution is 1.11. The van der Waals surface area contributed by atoms with Crippen molar-refractivity contribution in [3.63, 3.8) is 0 Å². The van der Waals surface area contributed by atoms with E-state index in [-0.39, 0.29) is 16.2 Å². The highest BCUT2D eigenvalue weighted by Gasteiger charge is 2.12. The summed E-state index contributed by atoms with van der Waals surface area (Å²) in [4.78, 5) is 28.9. The lowest BCUT2D eigenvalue weighted by Crippen LogP contribution is -2.12. The van der Waals surface area contributed by atoms with E-state index in [1.807, 2.05) is 19.2 Å². The van der Waals surface area contributed by atoms with Gasteiger partial charge in [-0.15, -0.1) is 11.8 Å². The number of aromatic nitrogens is 4. The van der Waals surface area contributed by atoms with Crippen molar-refractivity contribution in [2.45, 2.75) is 11.8 Å². The molecule has 0 aliphatic carbocycles. The molecule has 0 aromatic carbocycles. The van der Waals surface area contributed by atoms with E-state index in [0.29, 0.717) is 17.0 Å². The second-order valence-corrected chi connectivity index (χ2v) is 6.12. The normalized spacial score (nSPS) is 10.9. The summed E-state index contributed by atoms with van der Waals surface area (Å²) in [5.41, 5.74) is 2.71. The Kier molecular flexibility index (Phi) is 4.19. The maximum Gasteiger partial charge on any atom is 0.277 e. The van der Waals surface area contributed by atoms with Crippen molar-refractivity contribution in [2.24, 2.45) is 0 Å². The molecule has 0 unspecified atom stereocenters. The molecule has 0 aliphatic heterocycles. The van der Waals surface area contributed by atoms with Crippen LogP contribution in [0.5, 0.6) is 0 Å². The van der Waals surface area contributed by atoms with Crippen molar-refractivity contribution in [3.05, 3.63) is 51.5 Å². The minimum absolute atomic E-state index is 0.225. The smallest absolute Gasteiger partial charge is 0.277 e. The molecule has 3 heterocycles. The summed E-state index contributed by atoms with van der Waals surface area (Å²) in [6.45, 7) is 5.65. The average Bonchev–Trinajstić information content (AvgIpc) is 2.55. The molecule has 3 rings (SSSR count). The van der Waals surface area contributed by atoms with Crippen LogP contribution < -0.4 is 5.56 Å². The first kappa shape index (κ1) is 15.7. The van der Waals surface area contributed by atoms with Gasteiger partial charge in [0, 0.05) is 11.1 Å². The second-order valence-electron chi connectivity index (χ2n) is 4.89. The molecule has 3 aromatic rings. The Balaban J connectivity index is 2.25. The Labute approximate surface area is 141 Å². The molecule has 0 radical (unpaired) electrons. The number of thioether (sulfide) groups is 1. The minimum Gasteiger partial charge on any atom is -0.303 e. The van der Waals surface area contributed by atoms with Gasteiger partial charge in [0.15, 0.2) is 11.3 Å². The monoisotopic (exact) mass is 344 g/mol. The highest BCUT2D eigenvalue weighted by molar-refractivity contribution is 7.98. The van der Waals surface area contributed by atoms with Crippen LogP contribution in [0.15, 0.2) is 34.6 Å². The third-order valence-corrected chi connectivity index (χ3v) is 4.38. The van der Waals surface area contributed by atoms with Crippen molar-refractivity contribution in [1.29, 1.82) is 0 Å². The SMILES string of the molecule is C=Cc1cc(-c2nc3c(C)cc(Cl)nc3c(=O)[nH]2)ncc1SC. The van der Waals surface area contributed by atoms with Gasteiger partial charge in [-0.25, -0.2) is 9.97 Å². The van der Waals surface area contributed by atoms with Crippen LogP contribution in [-0.4, -0.2) is 26.2 Å². The number of aryl methyl sites for hydroxylation is 1. The molecule has 0 spiro atoms. The fourth-order valence-electron chi connectivity index (χ4n) is 2.27. The van der Waals surface area contributed by atoms with E-state index in [9.17, 15) is 4.79 Å². The Hall–Kier alpha value is -2.18. The van der Waals surface area contributed by atoms with Gasteiger partial charge in [-0.05, 0) is 36.4 Å². The van der Waals surface area contributed by atoms with Crippen LogP contribution in [0.4, 0.5) is 0 Å². The van der Waals surface area contributed by atoms with Gasteiger partial charge in [-0.2, -0.15) is 0 Å². The molecule has 0 amide bonds. The first-order valence-corrected chi connectivity index (χ1v) is 8.37. The summed E-state index contributed by atoms with van der Waals surface area (Å²) < 4.78 is 0. The van der Waals surface area contributed by atoms with Crippen LogP contribution in [-0.2, 0) is 0 Å². The molecule has 3 aromatic heterocycles. The molecule has 0 atom stereocenters. The first-order chi connectivity index (χ1) is 11.0. The fraction of sp³-hybridized carbons (Fsp3) is 0.125. The van der Waals surface area contributed by atoms with Gasteiger partial charge >= 0.3 is 0 Å². The van der Waals surface area contributed by atoms with Gasteiger partial charge in [0.25, 0.3) is 5.56 Å². The molecule has 116 valence electrons. The molecule has 0 saturated heterocycles. The van der Waals surface area contributed by atoms with Crippen LogP contribution in [0.2, 0.25) is 5.15 Å². The van der Waals surface area contributed by atoms with Gasteiger partial charge in [0.1, 0.15) is 10.8 Å². The topological polar surface area (TPSA) is 71.5 Å². The predicted octanol–water partition coefficient (Wildman–Crippen LogP) is 3.71. The Bertz CT molecular complexity index is 984. The molecule has 0 bridgehead atoms. The summed E-state index contributed by atoms with van der Waals surface area (Å²) in [5, 5.41) is 0.270. The third-order valence-electron chi connectivity index (χ3n) is 3.40. The van der Waals surface area contributed by atoms with Crippen LogP contribution in [0.3, 0.4) is 0 Å². The number of H-pyrrole nitrogens is 1. The predicted molar refractivity (Wildman–Crippen MR) is 95.0 cm³/mol. The van der Waals surface area contributed by atoms with Crippen molar-refractivity contribution >= 4 is 40.5 Å². The van der Waals surface area contributed by atoms with Gasteiger partial charge in [-0.3, -0.25) is 9.78 Å². The Morgan fingerprint density at radius 1 is 1.30 bits per heavy atom. The number of rotatable bonds is 3. The zero-order chi connectivity index (χ0) is 16.6. The maximum absolute atomic E-state index is 12.3. The zero-order valence-electron chi connectivity index (χ0n) is 12.6. The zero-order valence-corrected chi connectivity index (χ0v) is 14.1. The van der Waals surface area contributed by atoms with Gasteiger partial charge in [-0.1, -0.05) is 24.3 Å². The lowest BCUT2D eigenvalue weighted by Gasteiger charge is -2.07. The quantitative estimate of drug-likeness (QED) is 0.579. The summed E-state index contributed by atoms with van der Waals surface area (Å²) in [6.07, 6.45) is 5.47. The van der Waals surface area contributed by atoms with Crippen molar-refractivity contribution in [1.82, 2.24) is 19.9 Å². The Morgan fingerprint density at radius 2 is 2.09 bits per heavy atom. The molecule has 5 nitrogen and oxygen atoms in total. The van der Waals surface area contributed by atoms with Crippen LogP contribution in [0.1, 0.15) is 11.1 Å². The van der Waals surface area contributed by atoms with E-state index in [1.165, 1.54) is 0 Å². The molecule has 0 saturated carbocycles. The van der Waals surface area contributed by atoms with Crippen molar-refractivity contribution < 1.29 is 0 Å². The van der Waals surface area contributed by atoms with Gasteiger partial charge in [0.2, 0.25) is 0 Å². The van der Waals surface area contributed by atoms with E-state index in [1.54, 1.807) is 30.1 Å². The maximum atomic E-state index is 12.3. The van der Waals surface area contributed by atoms with E-state index in [0.717, 1.165) is 16.0 Å². The van der Waals surface area contributed by atoms with Crippen molar-refractivity contribution in [2.75, 3.05) is 6.26 Å². The molecule has 0 fully saturated rings. The lowest BCUT2D eigenvalue weighted by atomic mass is 10.2. The number of fused-ring (bicyclic) bond motifs is 1. The fourth-order valence-corrected chi connectivity index (χ4v) is 3.06. The average molecular weight is 345 g/mol. The minimum atomic E-state index is -0.341. The standard InChI is InChI=1S/C16H13ClN4OS/c1-4-9-6-10(18-7-11(9)23-3)15-20-13-8(2)5-12(17)19-14(13)16(22)21-15/h4-7H,1H2,2-3H3,(H,20,21,22). The van der Waals surface area contributed by atoms with Crippen LogP contribution in [0.25, 0.3) is 28.6 Å². The summed E-state index contributed by atoms with van der Waals surface area (Å²) in [6, 6.07) is 3.53. The highest BCUT2D eigenvalue weighted by Crippen LogP contribution is 2.25. The number of hydrogen-bond donors (Lipinski definition) is 1. The largest absolute Gasteiger partial charge is 0.303 e. The molecule has 7 heteroatoms. The molecular formula is C16H13ClN4OS. The van der Waals surface area contributed by atoms with E-state index in [2.05, 4.69) is 26.5 Å². The number of aromatic amines is 1.